The lowest BCUT2D eigenvalue weighted by molar-refractivity contribution is -0.0118. The molecule has 0 saturated carbocycles. The minimum atomic E-state index is -0.616. The van der Waals surface area contributed by atoms with E-state index < -0.39 is 6.03 Å². The summed E-state index contributed by atoms with van der Waals surface area (Å²) in [4.78, 5) is 11.1. The van der Waals surface area contributed by atoms with Crippen molar-refractivity contribution in [3.63, 3.8) is 0 Å². The van der Waals surface area contributed by atoms with E-state index in [0.717, 1.165) is 0 Å². The first kappa shape index (κ1) is 10.3. The fraction of sp³-hybridized carbons (Fsp3) is 0.222. The molecule has 0 aliphatic heterocycles. The standard InChI is InChI=1S/C9H12N2O3/c1-11(13)9(12)10-7-5-3-4-6-8(7)14-2/h3-6,13H,1-2H3,(H,10,12). The Kier molecular flexibility index (Phi) is 3.30. The molecule has 0 bridgehead atoms. The molecule has 0 unspecified atom stereocenters. The molecule has 0 fully saturated rings. The van der Waals surface area contributed by atoms with Crippen LogP contribution in [0.3, 0.4) is 0 Å². The quantitative estimate of drug-likeness (QED) is 0.557. The molecule has 5 heteroatoms. The molecule has 14 heavy (non-hydrogen) atoms. The fourth-order valence-electron chi connectivity index (χ4n) is 0.944. The highest BCUT2D eigenvalue weighted by molar-refractivity contribution is 5.89. The number of methoxy groups -OCH3 is 1. The van der Waals surface area contributed by atoms with Crippen LogP contribution in [0.2, 0.25) is 0 Å². The van der Waals surface area contributed by atoms with E-state index in [2.05, 4.69) is 5.32 Å². The lowest BCUT2D eigenvalue weighted by Crippen LogP contribution is -2.28. The molecular weight excluding hydrogens is 184 g/mol. The molecule has 5 nitrogen and oxygen atoms in total. The molecule has 0 heterocycles. The zero-order valence-electron chi connectivity index (χ0n) is 8.02. The van der Waals surface area contributed by atoms with Gasteiger partial charge in [0.15, 0.2) is 0 Å². The number of nitrogens with one attached hydrogen (secondary N) is 1. The van der Waals surface area contributed by atoms with Crippen molar-refractivity contribution in [2.45, 2.75) is 0 Å². The SMILES string of the molecule is COc1ccccc1NC(=O)N(C)O. The molecule has 1 aromatic carbocycles. The van der Waals surface area contributed by atoms with Crippen molar-refractivity contribution < 1.29 is 14.7 Å². The van der Waals surface area contributed by atoms with Crippen LogP contribution in [0.4, 0.5) is 10.5 Å². The first-order valence-corrected chi connectivity index (χ1v) is 4.01. The van der Waals surface area contributed by atoms with Crippen LogP contribution in [-0.2, 0) is 0 Å². The number of hydrogen-bond acceptors (Lipinski definition) is 3. The third kappa shape index (κ3) is 2.37. The molecule has 0 aliphatic carbocycles. The van der Waals surface area contributed by atoms with Gasteiger partial charge in [0.25, 0.3) is 0 Å². The largest absolute Gasteiger partial charge is 0.495 e. The van der Waals surface area contributed by atoms with E-state index >= 15 is 0 Å². The van der Waals surface area contributed by atoms with Crippen molar-refractivity contribution in [3.8, 4) is 5.75 Å². The first-order valence-electron chi connectivity index (χ1n) is 4.01. The van der Waals surface area contributed by atoms with Crippen molar-refractivity contribution in [2.24, 2.45) is 0 Å². The summed E-state index contributed by atoms with van der Waals surface area (Å²) in [6, 6.07) is 6.33. The molecule has 2 N–H and O–H groups in total. The number of urea groups is 1. The highest BCUT2D eigenvalue weighted by Crippen LogP contribution is 2.22. The number of hydroxylamine groups is 2. The van der Waals surface area contributed by atoms with Crippen LogP contribution in [0.1, 0.15) is 0 Å². The Bertz CT molecular complexity index is 326. The summed E-state index contributed by atoms with van der Waals surface area (Å²) < 4.78 is 5.01. The number of carbonyl (C=O) groups is 1. The highest BCUT2D eigenvalue weighted by atomic mass is 16.5. The van der Waals surface area contributed by atoms with Gasteiger partial charge in [-0.05, 0) is 12.1 Å². The van der Waals surface area contributed by atoms with E-state index in [1.54, 1.807) is 24.3 Å². The Morgan fingerprint density at radius 1 is 1.50 bits per heavy atom. The minimum absolute atomic E-state index is 0.465. The maximum absolute atomic E-state index is 11.1. The van der Waals surface area contributed by atoms with Gasteiger partial charge in [-0.1, -0.05) is 12.1 Å². The lowest BCUT2D eigenvalue weighted by Gasteiger charge is -2.12. The number of carbonyl (C=O) groups excluding carboxylic acids is 1. The van der Waals surface area contributed by atoms with Crippen molar-refractivity contribution in [1.29, 1.82) is 0 Å². The number of rotatable bonds is 2. The molecule has 1 aromatic rings. The van der Waals surface area contributed by atoms with E-state index in [4.69, 9.17) is 9.94 Å². The van der Waals surface area contributed by atoms with Crippen LogP contribution in [0.25, 0.3) is 0 Å². The highest BCUT2D eigenvalue weighted by Gasteiger charge is 2.08. The van der Waals surface area contributed by atoms with Gasteiger partial charge < -0.3 is 10.1 Å². The summed E-state index contributed by atoms with van der Waals surface area (Å²) in [5, 5.41) is 11.8. The second kappa shape index (κ2) is 4.48. The molecule has 0 atom stereocenters. The van der Waals surface area contributed by atoms with Gasteiger partial charge in [0, 0.05) is 7.05 Å². The summed E-state index contributed by atoms with van der Waals surface area (Å²) in [6.45, 7) is 0. The van der Waals surface area contributed by atoms with Gasteiger partial charge in [-0.15, -0.1) is 0 Å². The molecule has 0 aliphatic rings. The van der Waals surface area contributed by atoms with E-state index in [-0.39, 0.29) is 0 Å². The predicted octanol–water partition coefficient (Wildman–Crippen LogP) is 1.55. The summed E-state index contributed by atoms with van der Waals surface area (Å²) in [5.74, 6) is 0.544. The number of nitrogens with zero attached hydrogens (tertiary/aromatic N) is 1. The minimum Gasteiger partial charge on any atom is -0.495 e. The lowest BCUT2D eigenvalue weighted by atomic mass is 10.3. The first-order chi connectivity index (χ1) is 6.65. The second-order valence-electron chi connectivity index (χ2n) is 2.65. The summed E-state index contributed by atoms with van der Waals surface area (Å²) in [5.41, 5.74) is 0.515. The number of amides is 2. The molecule has 1 rings (SSSR count). The third-order valence-electron chi connectivity index (χ3n) is 1.64. The van der Waals surface area contributed by atoms with Crippen molar-refractivity contribution in [1.82, 2.24) is 5.06 Å². The normalized spacial score (nSPS) is 9.36. The van der Waals surface area contributed by atoms with Crippen LogP contribution in [-0.4, -0.2) is 30.5 Å². The Morgan fingerprint density at radius 2 is 2.14 bits per heavy atom. The Hall–Kier alpha value is -1.75. The Labute approximate surface area is 81.9 Å². The number of ether oxygens (including phenoxy) is 1. The van der Waals surface area contributed by atoms with E-state index in [0.29, 0.717) is 16.5 Å². The van der Waals surface area contributed by atoms with Gasteiger partial charge in [-0.2, -0.15) is 0 Å². The number of anilines is 1. The summed E-state index contributed by atoms with van der Waals surface area (Å²) in [6.07, 6.45) is 0. The zero-order valence-corrected chi connectivity index (χ0v) is 8.02. The van der Waals surface area contributed by atoms with Gasteiger partial charge in [0.1, 0.15) is 5.75 Å². The topological polar surface area (TPSA) is 61.8 Å². The van der Waals surface area contributed by atoms with Crippen LogP contribution in [0.5, 0.6) is 5.75 Å². The van der Waals surface area contributed by atoms with Gasteiger partial charge in [-0.25, -0.2) is 9.86 Å². The fourth-order valence-corrected chi connectivity index (χ4v) is 0.944. The molecule has 76 valence electrons. The van der Waals surface area contributed by atoms with Crippen LogP contribution >= 0.6 is 0 Å². The Morgan fingerprint density at radius 3 is 2.71 bits per heavy atom. The number of para-hydroxylation sites is 2. The Balaban J connectivity index is 2.80. The molecule has 0 saturated heterocycles. The van der Waals surface area contributed by atoms with Crippen LogP contribution in [0.15, 0.2) is 24.3 Å². The number of benzene rings is 1. The third-order valence-corrected chi connectivity index (χ3v) is 1.64. The van der Waals surface area contributed by atoms with Gasteiger partial charge in [-0.3, -0.25) is 5.21 Å². The van der Waals surface area contributed by atoms with Gasteiger partial charge in [0.2, 0.25) is 0 Å². The van der Waals surface area contributed by atoms with E-state index in [1.165, 1.54) is 14.2 Å². The smallest absolute Gasteiger partial charge is 0.345 e. The van der Waals surface area contributed by atoms with Gasteiger partial charge in [0.05, 0.1) is 12.8 Å². The van der Waals surface area contributed by atoms with Crippen molar-refractivity contribution in [3.05, 3.63) is 24.3 Å². The average molecular weight is 196 g/mol. The van der Waals surface area contributed by atoms with Crippen molar-refractivity contribution >= 4 is 11.7 Å². The summed E-state index contributed by atoms with van der Waals surface area (Å²) >= 11 is 0. The monoisotopic (exact) mass is 196 g/mol. The molecule has 0 aromatic heterocycles. The zero-order chi connectivity index (χ0) is 10.6. The van der Waals surface area contributed by atoms with Crippen LogP contribution < -0.4 is 10.1 Å². The second-order valence-corrected chi connectivity index (χ2v) is 2.65. The van der Waals surface area contributed by atoms with E-state index in [9.17, 15) is 4.79 Å². The maximum atomic E-state index is 11.1. The van der Waals surface area contributed by atoms with E-state index in [1.807, 2.05) is 0 Å². The predicted molar refractivity (Wildman–Crippen MR) is 51.6 cm³/mol. The van der Waals surface area contributed by atoms with Crippen LogP contribution in [0, 0.1) is 0 Å². The average Bonchev–Trinajstić information content (AvgIpc) is 2.18. The summed E-state index contributed by atoms with van der Waals surface area (Å²) in [7, 11) is 2.75. The number of hydrogen-bond donors (Lipinski definition) is 2. The molecule has 0 spiro atoms. The van der Waals surface area contributed by atoms with Gasteiger partial charge >= 0.3 is 6.03 Å². The van der Waals surface area contributed by atoms with Crippen molar-refractivity contribution in [2.75, 3.05) is 19.5 Å². The molecule has 2 amide bonds. The molecule has 0 radical (unpaired) electrons. The molecular formula is C9H12N2O3. The maximum Gasteiger partial charge on any atom is 0.345 e.